The van der Waals surface area contributed by atoms with Gasteiger partial charge in [-0.25, -0.2) is 0 Å². The summed E-state index contributed by atoms with van der Waals surface area (Å²) in [5.74, 6) is 0. The summed E-state index contributed by atoms with van der Waals surface area (Å²) >= 11 is 0. The van der Waals surface area contributed by atoms with Crippen LogP contribution in [0, 0.1) is 0 Å². The smallest absolute Gasteiger partial charge is 0.0375 e. The molecule has 0 aromatic heterocycles. The highest BCUT2D eigenvalue weighted by Crippen LogP contribution is 2.27. The molecule has 2 rings (SSSR count). The summed E-state index contributed by atoms with van der Waals surface area (Å²) in [7, 11) is 0. The zero-order valence-corrected chi connectivity index (χ0v) is 10.4. The fraction of sp³-hybridized carbons (Fsp3) is 0.571. The lowest BCUT2D eigenvalue weighted by molar-refractivity contribution is 0.744. The average molecular weight is 218 g/mol. The topological polar surface area (TPSA) is 15.3 Å². The Morgan fingerprint density at radius 1 is 1.19 bits per heavy atom. The summed E-state index contributed by atoms with van der Waals surface area (Å²) in [5.41, 5.74) is 4.21. The van der Waals surface area contributed by atoms with Gasteiger partial charge in [-0.05, 0) is 43.0 Å². The van der Waals surface area contributed by atoms with Gasteiger partial charge in [0.2, 0.25) is 0 Å². The zero-order valence-electron chi connectivity index (χ0n) is 10.4. The second kappa shape index (κ2) is 5.24. The number of nitrogens with zero attached hydrogens (tertiary/aromatic N) is 1. The summed E-state index contributed by atoms with van der Waals surface area (Å²) < 4.78 is 0. The second-order valence-corrected chi connectivity index (χ2v) is 4.51. The molecule has 88 valence electrons. The predicted molar refractivity (Wildman–Crippen MR) is 71.4 cm³/mol. The molecule has 16 heavy (non-hydrogen) atoms. The van der Waals surface area contributed by atoms with Crippen LogP contribution in [-0.2, 0) is 6.42 Å². The monoisotopic (exact) mass is 218 g/mol. The Labute approximate surface area is 98.7 Å². The quantitative estimate of drug-likeness (QED) is 0.816. The minimum Gasteiger partial charge on any atom is -0.384 e. The molecule has 0 aliphatic carbocycles. The highest BCUT2D eigenvalue weighted by atomic mass is 15.1. The van der Waals surface area contributed by atoms with Gasteiger partial charge in [0.25, 0.3) is 0 Å². The van der Waals surface area contributed by atoms with Crippen molar-refractivity contribution < 1.29 is 0 Å². The number of rotatable bonds is 5. The molecule has 2 nitrogen and oxygen atoms in total. The Kier molecular flexibility index (Phi) is 3.70. The molecular formula is C14H22N2. The van der Waals surface area contributed by atoms with E-state index in [1.54, 1.807) is 0 Å². The summed E-state index contributed by atoms with van der Waals surface area (Å²) in [6.07, 6.45) is 3.61. The zero-order chi connectivity index (χ0) is 11.4. The molecule has 1 aliphatic heterocycles. The van der Waals surface area contributed by atoms with Gasteiger partial charge in [0.1, 0.15) is 0 Å². The number of fused-ring (bicyclic) bond motifs is 1. The van der Waals surface area contributed by atoms with Crippen LogP contribution in [0.25, 0.3) is 0 Å². The van der Waals surface area contributed by atoms with Crippen LogP contribution in [0.2, 0.25) is 0 Å². The Morgan fingerprint density at radius 3 is 2.62 bits per heavy atom. The van der Waals surface area contributed by atoms with E-state index in [1.807, 2.05) is 0 Å². The van der Waals surface area contributed by atoms with Crippen LogP contribution in [0.1, 0.15) is 32.3 Å². The van der Waals surface area contributed by atoms with Crippen molar-refractivity contribution in [3.63, 3.8) is 0 Å². The average Bonchev–Trinajstić information content (AvgIpc) is 2.75. The molecule has 0 saturated heterocycles. The van der Waals surface area contributed by atoms with E-state index < -0.39 is 0 Å². The Morgan fingerprint density at radius 2 is 1.94 bits per heavy atom. The van der Waals surface area contributed by atoms with Gasteiger partial charge in [-0.1, -0.05) is 13.8 Å². The minimum atomic E-state index is 1.10. The predicted octanol–water partition coefficient (Wildman–Crippen LogP) is 3.28. The normalized spacial score (nSPS) is 13.4. The second-order valence-electron chi connectivity index (χ2n) is 4.51. The van der Waals surface area contributed by atoms with Gasteiger partial charge in [-0.3, -0.25) is 0 Å². The molecular weight excluding hydrogens is 196 g/mol. The summed E-state index contributed by atoms with van der Waals surface area (Å²) in [5, 5.41) is 3.41. The maximum Gasteiger partial charge on any atom is 0.0375 e. The number of anilines is 2. The number of hydrogen-bond acceptors (Lipinski definition) is 2. The van der Waals surface area contributed by atoms with Crippen molar-refractivity contribution in [1.29, 1.82) is 0 Å². The molecule has 0 spiro atoms. The first kappa shape index (κ1) is 11.3. The van der Waals surface area contributed by atoms with Gasteiger partial charge in [0.05, 0.1) is 0 Å². The van der Waals surface area contributed by atoms with Gasteiger partial charge in [-0.2, -0.15) is 0 Å². The minimum absolute atomic E-state index is 1.10. The van der Waals surface area contributed by atoms with Crippen LogP contribution in [0.5, 0.6) is 0 Å². The fourth-order valence-corrected chi connectivity index (χ4v) is 2.40. The van der Waals surface area contributed by atoms with E-state index in [4.69, 9.17) is 0 Å². The largest absolute Gasteiger partial charge is 0.384 e. The molecule has 0 atom stereocenters. The molecule has 1 aliphatic rings. The lowest BCUT2D eigenvalue weighted by Gasteiger charge is -2.24. The van der Waals surface area contributed by atoms with Crippen molar-refractivity contribution in [2.24, 2.45) is 0 Å². The number of hydrogen-bond donors (Lipinski definition) is 1. The van der Waals surface area contributed by atoms with Gasteiger partial charge in [0, 0.05) is 31.0 Å². The van der Waals surface area contributed by atoms with E-state index >= 15 is 0 Å². The van der Waals surface area contributed by atoms with Crippen LogP contribution in [0.3, 0.4) is 0 Å². The van der Waals surface area contributed by atoms with Crippen LogP contribution in [0.4, 0.5) is 11.4 Å². The molecule has 0 radical (unpaired) electrons. The van der Waals surface area contributed by atoms with Crippen molar-refractivity contribution in [3.05, 3.63) is 23.8 Å². The molecule has 0 bridgehead atoms. The SMILES string of the molecule is CCCN(CCC)c1ccc2c(c1)CCN2. The van der Waals surface area contributed by atoms with Crippen LogP contribution in [-0.4, -0.2) is 19.6 Å². The van der Waals surface area contributed by atoms with Crippen LogP contribution >= 0.6 is 0 Å². The van der Waals surface area contributed by atoms with Crippen molar-refractivity contribution in [3.8, 4) is 0 Å². The lowest BCUT2D eigenvalue weighted by atomic mass is 10.1. The van der Waals surface area contributed by atoms with E-state index in [0.717, 1.165) is 6.54 Å². The van der Waals surface area contributed by atoms with Gasteiger partial charge in [-0.15, -0.1) is 0 Å². The first-order valence-corrected chi connectivity index (χ1v) is 6.47. The van der Waals surface area contributed by atoms with Crippen molar-refractivity contribution in [2.45, 2.75) is 33.1 Å². The van der Waals surface area contributed by atoms with Gasteiger partial charge >= 0.3 is 0 Å². The van der Waals surface area contributed by atoms with E-state index in [9.17, 15) is 0 Å². The van der Waals surface area contributed by atoms with E-state index in [-0.39, 0.29) is 0 Å². The summed E-state index contributed by atoms with van der Waals surface area (Å²) in [4.78, 5) is 2.50. The highest BCUT2D eigenvalue weighted by Gasteiger charge is 2.12. The Hall–Kier alpha value is -1.18. The summed E-state index contributed by atoms with van der Waals surface area (Å²) in [6.45, 7) is 7.93. The Bertz CT molecular complexity index is 341. The molecule has 0 unspecified atom stereocenters. The van der Waals surface area contributed by atoms with Crippen molar-refractivity contribution >= 4 is 11.4 Å². The standard InChI is InChI=1S/C14H22N2/c1-3-9-16(10-4-2)13-5-6-14-12(11-13)7-8-15-14/h5-6,11,15H,3-4,7-10H2,1-2H3. The first-order valence-electron chi connectivity index (χ1n) is 6.47. The summed E-state index contributed by atoms with van der Waals surface area (Å²) in [6, 6.07) is 6.85. The molecule has 0 fully saturated rings. The van der Waals surface area contributed by atoms with Crippen LogP contribution in [0.15, 0.2) is 18.2 Å². The third kappa shape index (κ3) is 2.31. The molecule has 0 amide bonds. The van der Waals surface area contributed by atoms with Gasteiger partial charge < -0.3 is 10.2 Å². The Balaban J connectivity index is 2.17. The molecule has 2 heteroatoms. The van der Waals surface area contributed by atoms with Gasteiger partial charge in [0.15, 0.2) is 0 Å². The maximum atomic E-state index is 3.41. The molecule has 1 aromatic rings. The third-order valence-electron chi connectivity index (χ3n) is 3.15. The molecule has 1 aromatic carbocycles. The lowest BCUT2D eigenvalue weighted by Crippen LogP contribution is -2.24. The molecule has 1 heterocycles. The van der Waals surface area contributed by atoms with Crippen molar-refractivity contribution in [2.75, 3.05) is 29.9 Å². The maximum absolute atomic E-state index is 3.41. The molecule has 1 N–H and O–H groups in total. The molecule has 0 saturated carbocycles. The number of nitrogens with one attached hydrogen (secondary N) is 1. The van der Waals surface area contributed by atoms with E-state index in [2.05, 4.69) is 42.3 Å². The fourth-order valence-electron chi connectivity index (χ4n) is 2.40. The van der Waals surface area contributed by atoms with Crippen LogP contribution < -0.4 is 10.2 Å². The highest BCUT2D eigenvalue weighted by molar-refractivity contribution is 5.63. The number of benzene rings is 1. The van der Waals surface area contributed by atoms with E-state index in [0.29, 0.717) is 0 Å². The third-order valence-corrected chi connectivity index (χ3v) is 3.15. The van der Waals surface area contributed by atoms with E-state index in [1.165, 1.54) is 49.3 Å². The van der Waals surface area contributed by atoms with Crippen molar-refractivity contribution in [1.82, 2.24) is 0 Å². The first-order chi connectivity index (χ1) is 7.85.